The van der Waals surface area contributed by atoms with Gasteiger partial charge in [-0.3, -0.25) is 0 Å². The first-order valence-electron chi connectivity index (χ1n) is 9.03. The molecule has 4 rings (SSSR count). The van der Waals surface area contributed by atoms with Crippen molar-refractivity contribution in [2.45, 2.75) is 13.0 Å². The van der Waals surface area contributed by atoms with Gasteiger partial charge in [0.05, 0.1) is 5.69 Å². The summed E-state index contributed by atoms with van der Waals surface area (Å²) in [6, 6.07) is 19.6. The molecule has 0 saturated carbocycles. The van der Waals surface area contributed by atoms with Crippen molar-refractivity contribution in [1.82, 2.24) is 9.55 Å². The van der Waals surface area contributed by atoms with Crippen LogP contribution in [-0.4, -0.2) is 9.55 Å². The number of ether oxygens (including phenoxy) is 1. The van der Waals surface area contributed by atoms with E-state index in [1.54, 1.807) is 24.3 Å². The van der Waals surface area contributed by atoms with E-state index >= 15 is 0 Å². The van der Waals surface area contributed by atoms with E-state index in [1.165, 1.54) is 24.3 Å². The Bertz CT molecular complexity index is 1090. The van der Waals surface area contributed by atoms with Gasteiger partial charge in [0.2, 0.25) is 0 Å². The summed E-state index contributed by atoms with van der Waals surface area (Å²) < 4.78 is 34.0. The predicted octanol–water partition coefficient (Wildman–Crippen LogP) is 5.97. The molecule has 29 heavy (non-hydrogen) atoms. The first-order chi connectivity index (χ1) is 14.1. The van der Waals surface area contributed by atoms with Gasteiger partial charge in [-0.15, -0.1) is 0 Å². The lowest BCUT2D eigenvalue weighted by atomic mass is 10.1. The van der Waals surface area contributed by atoms with Gasteiger partial charge >= 0.3 is 0 Å². The standard InChI is InChI=1S/C23H17ClF2N2O/c24-17-3-9-21(10-4-17)28-14-20(15-29-22-11-7-19(26)8-12-22)27-23(28)13-16-1-5-18(25)6-2-16/h1-12,14H,13,15H2. The Hall–Kier alpha value is -3.18. The zero-order chi connectivity index (χ0) is 20.2. The van der Waals surface area contributed by atoms with E-state index in [9.17, 15) is 8.78 Å². The second kappa shape index (κ2) is 8.45. The molecule has 0 bridgehead atoms. The second-order valence-corrected chi connectivity index (χ2v) is 6.98. The van der Waals surface area contributed by atoms with E-state index in [1.807, 2.05) is 35.0 Å². The summed E-state index contributed by atoms with van der Waals surface area (Å²) in [7, 11) is 0. The lowest BCUT2D eigenvalue weighted by Gasteiger charge is -2.08. The minimum Gasteiger partial charge on any atom is -0.487 e. The third kappa shape index (κ3) is 4.81. The van der Waals surface area contributed by atoms with Crippen molar-refractivity contribution in [2.75, 3.05) is 0 Å². The number of imidazole rings is 1. The lowest BCUT2D eigenvalue weighted by Crippen LogP contribution is -2.01. The molecule has 0 fully saturated rings. The minimum absolute atomic E-state index is 0.239. The zero-order valence-corrected chi connectivity index (χ0v) is 16.1. The molecular weight excluding hydrogens is 394 g/mol. The summed E-state index contributed by atoms with van der Waals surface area (Å²) in [5, 5.41) is 0.647. The highest BCUT2D eigenvalue weighted by Gasteiger charge is 2.12. The predicted molar refractivity (Wildman–Crippen MR) is 109 cm³/mol. The van der Waals surface area contributed by atoms with Crippen molar-refractivity contribution < 1.29 is 13.5 Å². The first-order valence-corrected chi connectivity index (χ1v) is 9.40. The molecule has 0 radical (unpaired) electrons. The quantitative estimate of drug-likeness (QED) is 0.391. The molecule has 0 N–H and O–H groups in total. The molecule has 3 aromatic carbocycles. The largest absolute Gasteiger partial charge is 0.487 e. The summed E-state index contributed by atoms with van der Waals surface area (Å²) in [5.41, 5.74) is 2.58. The van der Waals surface area contributed by atoms with E-state index in [4.69, 9.17) is 21.3 Å². The molecule has 3 nitrogen and oxygen atoms in total. The molecule has 0 aliphatic rings. The Labute approximate surface area is 172 Å². The van der Waals surface area contributed by atoms with E-state index in [0.717, 1.165) is 22.8 Å². The molecule has 0 spiro atoms. The number of halogens is 3. The molecule has 6 heteroatoms. The van der Waals surface area contributed by atoms with Crippen molar-refractivity contribution >= 4 is 11.6 Å². The Morgan fingerprint density at radius 3 is 2.10 bits per heavy atom. The van der Waals surface area contributed by atoms with Crippen LogP contribution in [0.5, 0.6) is 5.75 Å². The van der Waals surface area contributed by atoms with Crippen LogP contribution in [0, 0.1) is 11.6 Å². The highest BCUT2D eigenvalue weighted by molar-refractivity contribution is 6.30. The maximum atomic E-state index is 13.2. The van der Waals surface area contributed by atoms with E-state index in [0.29, 0.717) is 17.2 Å². The summed E-state index contributed by atoms with van der Waals surface area (Å²) in [5.74, 6) is 0.762. The number of benzene rings is 3. The van der Waals surface area contributed by atoms with Crippen molar-refractivity contribution in [3.63, 3.8) is 0 Å². The average Bonchev–Trinajstić information content (AvgIpc) is 3.12. The summed E-state index contributed by atoms with van der Waals surface area (Å²) in [6.07, 6.45) is 2.42. The molecule has 1 aromatic heterocycles. The fourth-order valence-corrected chi connectivity index (χ4v) is 3.09. The monoisotopic (exact) mass is 410 g/mol. The summed E-state index contributed by atoms with van der Waals surface area (Å²) >= 11 is 6.01. The van der Waals surface area contributed by atoms with Gasteiger partial charge in [-0.05, 0) is 66.2 Å². The van der Waals surface area contributed by atoms with Crippen LogP contribution < -0.4 is 4.74 Å². The maximum absolute atomic E-state index is 13.2. The van der Waals surface area contributed by atoms with Crippen molar-refractivity contribution in [2.24, 2.45) is 0 Å². The number of aromatic nitrogens is 2. The van der Waals surface area contributed by atoms with Crippen LogP contribution in [0.3, 0.4) is 0 Å². The zero-order valence-electron chi connectivity index (χ0n) is 15.4. The van der Waals surface area contributed by atoms with Crippen molar-refractivity contribution in [3.8, 4) is 11.4 Å². The third-order valence-corrected chi connectivity index (χ3v) is 4.66. The molecule has 0 aliphatic heterocycles. The van der Waals surface area contributed by atoms with E-state index < -0.39 is 0 Å². The van der Waals surface area contributed by atoms with Crippen LogP contribution >= 0.6 is 11.6 Å². The normalized spacial score (nSPS) is 10.9. The SMILES string of the molecule is Fc1ccc(Cc2nc(COc3ccc(F)cc3)cn2-c2ccc(Cl)cc2)cc1. The molecule has 0 amide bonds. The van der Waals surface area contributed by atoms with Gasteiger partial charge in [-0.2, -0.15) is 0 Å². The van der Waals surface area contributed by atoms with Crippen LogP contribution in [0.2, 0.25) is 5.02 Å². The molecule has 1 heterocycles. The minimum atomic E-state index is -0.314. The molecule has 0 saturated heterocycles. The summed E-state index contributed by atoms with van der Waals surface area (Å²) in [4.78, 5) is 4.70. The molecule has 0 unspecified atom stereocenters. The maximum Gasteiger partial charge on any atom is 0.132 e. The van der Waals surface area contributed by atoms with Gasteiger partial charge in [-0.25, -0.2) is 13.8 Å². The number of rotatable bonds is 6. The van der Waals surface area contributed by atoms with Gasteiger partial charge in [0, 0.05) is 23.3 Å². The highest BCUT2D eigenvalue weighted by atomic mass is 35.5. The van der Waals surface area contributed by atoms with Gasteiger partial charge in [0.1, 0.15) is 29.8 Å². The third-order valence-electron chi connectivity index (χ3n) is 4.41. The van der Waals surface area contributed by atoms with Gasteiger partial charge in [0.25, 0.3) is 0 Å². The van der Waals surface area contributed by atoms with Crippen LogP contribution in [0.25, 0.3) is 5.69 Å². The van der Waals surface area contributed by atoms with Crippen LogP contribution in [-0.2, 0) is 13.0 Å². The van der Waals surface area contributed by atoms with Gasteiger partial charge in [0.15, 0.2) is 0 Å². The Morgan fingerprint density at radius 2 is 1.45 bits per heavy atom. The summed E-state index contributed by atoms with van der Waals surface area (Å²) in [6.45, 7) is 0.239. The van der Waals surface area contributed by atoms with Crippen LogP contribution in [0.1, 0.15) is 17.1 Å². The van der Waals surface area contributed by atoms with Crippen LogP contribution in [0.15, 0.2) is 79.0 Å². The number of hydrogen-bond donors (Lipinski definition) is 0. The second-order valence-electron chi connectivity index (χ2n) is 6.54. The van der Waals surface area contributed by atoms with E-state index in [-0.39, 0.29) is 18.2 Å². The topological polar surface area (TPSA) is 27.1 Å². The molecular formula is C23H17ClF2N2O. The fourth-order valence-electron chi connectivity index (χ4n) is 2.96. The average molecular weight is 411 g/mol. The van der Waals surface area contributed by atoms with Gasteiger partial charge < -0.3 is 9.30 Å². The Balaban J connectivity index is 1.61. The molecule has 0 atom stereocenters. The fraction of sp³-hybridized carbons (Fsp3) is 0.0870. The van der Waals surface area contributed by atoms with Crippen molar-refractivity contribution in [1.29, 1.82) is 0 Å². The number of nitrogens with zero attached hydrogens (tertiary/aromatic N) is 2. The van der Waals surface area contributed by atoms with Crippen molar-refractivity contribution in [3.05, 3.63) is 113 Å². The molecule has 0 aliphatic carbocycles. The molecule has 4 aromatic rings. The lowest BCUT2D eigenvalue weighted by molar-refractivity contribution is 0.301. The molecule has 146 valence electrons. The van der Waals surface area contributed by atoms with Gasteiger partial charge in [-0.1, -0.05) is 23.7 Å². The Morgan fingerprint density at radius 1 is 0.828 bits per heavy atom. The highest BCUT2D eigenvalue weighted by Crippen LogP contribution is 2.20. The Kier molecular flexibility index (Phi) is 5.58. The van der Waals surface area contributed by atoms with E-state index in [2.05, 4.69) is 0 Å². The van der Waals surface area contributed by atoms with Crippen LogP contribution in [0.4, 0.5) is 8.78 Å². The number of hydrogen-bond acceptors (Lipinski definition) is 2. The first kappa shape index (κ1) is 19.2. The smallest absolute Gasteiger partial charge is 0.132 e.